The molecule has 0 radical (unpaired) electrons. The molecule has 16 heavy (non-hydrogen) atoms. The van der Waals surface area contributed by atoms with Crippen molar-refractivity contribution in [2.24, 2.45) is 22.7 Å². The Labute approximate surface area is 93.1 Å². The molecule has 2 rings (SSSR count). The lowest BCUT2D eigenvalue weighted by Gasteiger charge is -2.32. The summed E-state index contributed by atoms with van der Waals surface area (Å²) in [5.41, 5.74) is 5.38. The molecule has 6 heteroatoms. The molecule has 3 N–H and O–H groups in total. The van der Waals surface area contributed by atoms with Crippen molar-refractivity contribution in [3.8, 4) is 0 Å². The third-order valence-electron chi connectivity index (χ3n) is 3.66. The molecule has 0 aromatic carbocycles. The van der Waals surface area contributed by atoms with Gasteiger partial charge in [0, 0.05) is 25.4 Å². The fourth-order valence-electron chi connectivity index (χ4n) is 2.91. The maximum Gasteiger partial charge on any atom is 0.252 e. The van der Waals surface area contributed by atoms with Crippen LogP contribution < -0.4 is 5.73 Å². The molecule has 0 aromatic rings. The number of halogens is 2. The maximum atomic E-state index is 13.6. The first-order chi connectivity index (χ1) is 7.53. The summed E-state index contributed by atoms with van der Waals surface area (Å²) in [5, 5.41) is 11.3. The van der Waals surface area contributed by atoms with Gasteiger partial charge in [-0.2, -0.15) is 0 Å². The number of fused-ring (bicyclic) bond motifs is 1. The third kappa shape index (κ3) is 2.11. The summed E-state index contributed by atoms with van der Waals surface area (Å²) in [7, 11) is 0. The SMILES string of the molecule is NC(CN1C[C@@H]2CCCC(F)(F)[C@@H]2C1)=NO. The number of hydrogen-bond acceptors (Lipinski definition) is 3. The number of hydrogen-bond donors (Lipinski definition) is 2. The highest BCUT2D eigenvalue weighted by Crippen LogP contribution is 2.45. The monoisotopic (exact) mass is 233 g/mol. The van der Waals surface area contributed by atoms with E-state index in [-0.39, 0.29) is 24.7 Å². The van der Waals surface area contributed by atoms with E-state index in [1.165, 1.54) is 0 Å². The normalized spacial score (nSPS) is 35.0. The van der Waals surface area contributed by atoms with Gasteiger partial charge in [-0.05, 0) is 18.8 Å². The van der Waals surface area contributed by atoms with E-state index in [4.69, 9.17) is 10.9 Å². The Kier molecular flexibility index (Phi) is 3.01. The van der Waals surface area contributed by atoms with E-state index in [0.29, 0.717) is 19.5 Å². The van der Waals surface area contributed by atoms with Crippen LogP contribution in [0, 0.1) is 11.8 Å². The molecule has 1 heterocycles. The number of amidine groups is 1. The second kappa shape index (κ2) is 4.16. The van der Waals surface area contributed by atoms with Gasteiger partial charge in [0.2, 0.25) is 0 Å². The highest BCUT2D eigenvalue weighted by atomic mass is 19.3. The van der Waals surface area contributed by atoms with Gasteiger partial charge in [0.05, 0.1) is 6.54 Å². The Morgan fingerprint density at radius 1 is 1.50 bits per heavy atom. The zero-order valence-electron chi connectivity index (χ0n) is 9.07. The first kappa shape index (κ1) is 11.6. The maximum absolute atomic E-state index is 13.6. The van der Waals surface area contributed by atoms with E-state index in [2.05, 4.69) is 5.16 Å². The molecule has 4 nitrogen and oxygen atoms in total. The fraction of sp³-hybridized carbons (Fsp3) is 0.900. The van der Waals surface area contributed by atoms with Gasteiger partial charge in [-0.25, -0.2) is 8.78 Å². The quantitative estimate of drug-likeness (QED) is 0.325. The van der Waals surface area contributed by atoms with Gasteiger partial charge in [0.1, 0.15) is 0 Å². The minimum Gasteiger partial charge on any atom is -0.409 e. The van der Waals surface area contributed by atoms with Crippen molar-refractivity contribution in [1.29, 1.82) is 0 Å². The average Bonchev–Trinajstić information content (AvgIpc) is 2.61. The number of nitrogens with two attached hydrogens (primary N) is 1. The lowest BCUT2D eigenvalue weighted by molar-refractivity contribution is -0.0944. The van der Waals surface area contributed by atoms with Gasteiger partial charge in [0.25, 0.3) is 5.92 Å². The van der Waals surface area contributed by atoms with Gasteiger partial charge in [0.15, 0.2) is 5.84 Å². The topological polar surface area (TPSA) is 61.8 Å². The molecule has 0 spiro atoms. The van der Waals surface area contributed by atoms with E-state index in [1.807, 2.05) is 4.90 Å². The van der Waals surface area contributed by atoms with Crippen LogP contribution in [0.2, 0.25) is 0 Å². The predicted molar refractivity (Wildman–Crippen MR) is 55.6 cm³/mol. The van der Waals surface area contributed by atoms with Crippen LogP contribution in [0.15, 0.2) is 5.16 Å². The fourth-order valence-corrected chi connectivity index (χ4v) is 2.91. The van der Waals surface area contributed by atoms with Crippen LogP contribution in [0.4, 0.5) is 8.78 Å². The number of nitrogens with zero attached hydrogens (tertiary/aromatic N) is 2. The molecule has 1 aliphatic carbocycles. The van der Waals surface area contributed by atoms with E-state index in [1.54, 1.807) is 0 Å². The molecule has 0 aromatic heterocycles. The Bertz CT molecular complexity index is 296. The summed E-state index contributed by atoms with van der Waals surface area (Å²) in [6, 6.07) is 0. The summed E-state index contributed by atoms with van der Waals surface area (Å²) >= 11 is 0. The molecule has 2 atom stereocenters. The largest absolute Gasteiger partial charge is 0.409 e. The Hall–Kier alpha value is -0.910. The summed E-state index contributed by atoms with van der Waals surface area (Å²) < 4.78 is 27.2. The van der Waals surface area contributed by atoms with Crippen molar-refractivity contribution in [2.75, 3.05) is 19.6 Å². The summed E-state index contributed by atoms with van der Waals surface area (Å²) in [6.45, 7) is 1.27. The van der Waals surface area contributed by atoms with Crippen LogP contribution in [0.5, 0.6) is 0 Å². The first-order valence-electron chi connectivity index (χ1n) is 5.59. The summed E-state index contributed by atoms with van der Waals surface area (Å²) in [5.74, 6) is -2.94. The zero-order valence-corrected chi connectivity index (χ0v) is 9.07. The molecule has 2 aliphatic rings. The second-order valence-corrected chi connectivity index (χ2v) is 4.81. The minimum absolute atomic E-state index is 0.00553. The summed E-state index contributed by atoms with van der Waals surface area (Å²) in [6.07, 6.45) is 1.48. The van der Waals surface area contributed by atoms with Crippen LogP contribution in [-0.4, -0.2) is 41.5 Å². The van der Waals surface area contributed by atoms with Gasteiger partial charge in [-0.15, -0.1) is 0 Å². The molecular formula is C10H17F2N3O. The second-order valence-electron chi connectivity index (χ2n) is 4.81. The highest BCUT2D eigenvalue weighted by molar-refractivity contribution is 5.81. The first-order valence-corrected chi connectivity index (χ1v) is 5.59. The van der Waals surface area contributed by atoms with Crippen molar-refractivity contribution in [3.63, 3.8) is 0 Å². The molecular weight excluding hydrogens is 216 g/mol. The van der Waals surface area contributed by atoms with E-state index in [0.717, 1.165) is 6.42 Å². The number of rotatable bonds is 2. The Morgan fingerprint density at radius 2 is 2.25 bits per heavy atom. The highest BCUT2D eigenvalue weighted by Gasteiger charge is 2.50. The molecule has 1 saturated carbocycles. The van der Waals surface area contributed by atoms with Gasteiger partial charge >= 0.3 is 0 Å². The van der Waals surface area contributed by atoms with Crippen molar-refractivity contribution in [3.05, 3.63) is 0 Å². The van der Waals surface area contributed by atoms with Crippen LogP contribution in [0.1, 0.15) is 19.3 Å². The average molecular weight is 233 g/mol. The standard InChI is InChI=1S/C10H17F2N3O/c11-10(12)3-1-2-7-4-15(5-8(7)10)6-9(13)14-16/h7-8,16H,1-6H2,(H2,13,14)/t7-,8+/m0/s1. The molecule has 1 saturated heterocycles. The molecule has 0 bridgehead atoms. The van der Waals surface area contributed by atoms with Gasteiger partial charge in [-0.3, -0.25) is 4.90 Å². The number of alkyl halides is 2. The zero-order chi connectivity index (χ0) is 11.8. The van der Waals surface area contributed by atoms with Gasteiger partial charge < -0.3 is 10.9 Å². The van der Waals surface area contributed by atoms with E-state index >= 15 is 0 Å². The van der Waals surface area contributed by atoms with Crippen molar-refractivity contribution in [2.45, 2.75) is 25.2 Å². The van der Waals surface area contributed by atoms with Crippen LogP contribution in [0.25, 0.3) is 0 Å². The lowest BCUT2D eigenvalue weighted by atomic mass is 9.79. The molecule has 2 fully saturated rings. The molecule has 0 amide bonds. The van der Waals surface area contributed by atoms with Crippen molar-refractivity contribution in [1.82, 2.24) is 4.90 Å². The van der Waals surface area contributed by atoms with Crippen LogP contribution >= 0.6 is 0 Å². The minimum atomic E-state index is -2.54. The van der Waals surface area contributed by atoms with Gasteiger partial charge in [-0.1, -0.05) is 5.16 Å². The van der Waals surface area contributed by atoms with E-state index < -0.39 is 11.8 Å². The van der Waals surface area contributed by atoms with E-state index in [9.17, 15) is 8.78 Å². The summed E-state index contributed by atoms with van der Waals surface area (Å²) in [4.78, 5) is 1.85. The third-order valence-corrected chi connectivity index (χ3v) is 3.66. The molecule has 0 unspecified atom stereocenters. The lowest BCUT2D eigenvalue weighted by Crippen LogP contribution is -2.38. The smallest absolute Gasteiger partial charge is 0.252 e. The Morgan fingerprint density at radius 3 is 2.88 bits per heavy atom. The number of oxime groups is 1. The van der Waals surface area contributed by atoms with Crippen molar-refractivity contribution < 1.29 is 14.0 Å². The van der Waals surface area contributed by atoms with Crippen molar-refractivity contribution >= 4 is 5.84 Å². The molecule has 92 valence electrons. The van der Waals surface area contributed by atoms with Crippen LogP contribution in [0.3, 0.4) is 0 Å². The number of likely N-dealkylation sites (tertiary alicyclic amines) is 1. The predicted octanol–water partition coefficient (Wildman–Crippen LogP) is 1.10. The Balaban J connectivity index is 2.00. The van der Waals surface area contributed by atoms with Crippen LogP contribution in [-0.2, 0) is 0 Å². The molecule has 1 aliphatic heterocycles.